The maximum Gasteiger partial charge on any atom is 0.306 e. The molecular weight excluding hydrogens is 244 g/mol. The number of rotatable bonds is 3. The normalized spacial score (nSPS) is 18.4. The lowest BCUT2D eigenvalue weighted by molar-refractivity contribution is -0.394. The average Bonchev–Trinajstić information content (AvgIpc) is 2.74. The summed E-state index contributed by atoms with van der Waals surface area (Å²) in [6.45, 7) is 0. The minimum absolute atomic E-state index is 0.191. The zero-order chi connectivity index (χ0) is 13.3. The molecule has 0 radical (unpaired) electrons. The molecule has 2 rings (SSSR count). The van der Waals surface area contributed by atoms with Gasteiger partial charge in [-0.3, -0.25) is 25.0 Å². The van der Waals surface area contributed by atoms with E-state index in [1.165, 1.54) is 6.07 Å². The van der Waals surface area contributed by atoms with Gasteiger partial charge in [0.15, 0.2) is 0 Å². The molecule has 0 aromatic heterocycles. The minimum Gasteiger partial charge on any atom is -0.457 e. The number of nitrogens with zero attached hydrogens (tertiary/aromatic N) is 2. The van der Waals surface area contributed by atoms with Gasteiger partial charge in [-0.1, -0.05) is 0 Å². The van der Waals surface area contributed by atoms with Crippen LogP contribution in [0.25, 0.3) is 0 Å². The summed E-state index contributed by atoms with van der Waals surface area (Å²) in [5.74, 6) is -0.423. The first-order chi connectivity index (χ1) is 8.49. The van der Waals surface area contributed by atoms with Gasteiger partial charge in [0, 0.05) is 12.5 Å². The smallest absolute Gasteiger partial charge is 0.306 e. The molecule has 1 aliphatic rings. The molecule has 18 heavy (non-hydrogen) atoms. The predicted molar refractivity (Wildman–Crippen MR) is 57.8 cm³/mol. The van der Waals surface area contributed by atoms with E-state index in [0.717, 1.165) is 12.1 Å². The highest BCUT2D eigenvalue weighted by atomic mass is 16.6. The van der Waals surface area contributed by atoms with Crippen LogP contribution >= 0.6 is 0 Å². The monoisotopic (exact) mass is 252 g/mol. The summed E-state index contributed by atoms with van der Waals surface area (Å²) in [6, 6.07) is 3.30. The van der Waals surface area contributed by atoms with Crippen LogP contribution in [0.2, 0.25) is 0 Å². The van der Waals surface area contributed by atoms with Crippen molar-refractivity contribution < 1.29 is 19.4 Å². The van der Waals surface area contributed by atoms with E-state index < -0.39 is 27.6 Å². The van der Waals surface area contributed by atoms with Crippen molar-refractivity contribution in [2.75, 3.05) is 0 Å². The molecule has 1 aromatic rings. The molecule has 0 spiro atoms. The Balaban J connectivity index is 2.44. The maximum absolute atomic E-state index is 11.0. The molecular formula is C10H8N2O6. The van der Waals surface area contributed by atoms with Gasteiger partial charge in [-0.15, -0.1) is 0 Å². The first kappa shape index (κ1) is 12.0. The van der Waals surface area contributed by atoms with Crippen molar-refractivity contribution in [1.29, 1.82) is 0 Å². The average molecular weight is 252 g/mol. The van der Waals surface area contributed by atoms with Crippen molar-refractivity contribution in [3.05, 3.63) is 44.0 Å². The molecule has 94 valence electrons. The zero-order valence-electron chi connectivity index (χ0n) is 9.07. The second-order valence-corrected chi connectivity index (χ2v) is 3.77. The Morgan fingerprint density at radius 3 is 2.44 bits per heavy atom. The fourth-order valence-electron chi connectivity index (χ4n) is 1.82. The first-order valence-electron chi connectivity index (χ1n) is 5.11. The first-order valence-corrected chi connectivity index (χ1v) is 5.11. The van der Waals surface area contributed by atoms with Gasteiger partial charge < -0.3 is 4.74 Å². The van der Waals surface area contributed by atoms with E-state index in [-0.39, 0.29) is 17.7 Å². The van der Waals surface area contributed by atoms with Crippen LogP contribution in [0.15, 0.2) is 18.2 Å². The van der Waals surface area contributed by atoms with Crippen molar-refractivity contribution in [2.45, 2.75) is 18.9 Å². The number of non-ortho nitro benzene ring substituents is 1. The Morgan fingerprint density at radius 1 is 1.22 bits per heavy atom. The number of hydrogen-bond donors (Lipinski definition) is 0. The van der Waals surface area contributed by atoms with E-state index in [1.54, 1.807) is 0 Å². The standard InChI is InChI=1S/C10H8N2O6/c13-10-4-3-9(18-10)7-2-1-6(11(14)15)5-8(7)12(16)17/h1-2,5,9H,3-4H2/t9-/m1/s1. The number of nitro groups is 2. The summed E-state index contributed by atoms with van der Waals surface area (Å²) >= 11 is 0. The fourth-order valence-corrected chi connectivity index (χ4v) is 1.82. The van der Waals surface area contributed by atoms with Crippen molar-refractivity contribution in [1.82, 2.24) is 0 Å². The number of benzene rings is 1. The summed E-state index contributed by atoms with van der Waals surface area (Å²) in [4.78, 5) is 31.0. The Morgan fingerprint density at radius 2 is 1.94 bits per heavy atom. The number of ether oxygens (including phenoxy) is 1. The van der Waals surface area contributed by atoms with E-state index in [1.807, 2.05) is 0 Å². The summed E-state index contributed by atoms with van der Waals surface area (Å²) in [6.07, 6.45) is -0.158. The van der Waals surface area contributed by atoms with Crippen LogP contribution in [0.3, 0.4) is 0 Å². The van der Waals surface area contributed by atoms with E-state index in [2.05, 4.69) is 0 Å². The van der Waals surface area contributed by atoms with Crippen LogP contribution in [-0.2, 0) is 9.53 Å². The lowest BCUT2D eigenvalue weighted by Crippen LogP contribution is -2.03. The van der Waals surface area contributed by atoms with Gasteiger partial charge in [0.05, 0.1) is 21.5 Å². The number of hydrogen-bond acceptors (Lipinski definition) is 6. The molecule has 8 nitrogen and oxygen atoms in total. The fraction of sp³-hybridized carbons (Fsp3) is 0.300. The highest BCUT2D eigenvalue weighted by Crippen LogP contribution is 2.36. The van der Waals surface area contributed by atoms with Gasteiger partial charge in [-0.05, 0) is 12.5 Å². The highest BCUT2D eigenvalue weighted by molar-refractivity contribution is 5.72. The number of carbonyl (C=O) groups excluding carboxylic acids is 1. The molecule has 0 N–H and O–H groups in total. The third-order valence-electron chi connectivity index (χ3n) is 2.65. The summed E-state index contributed by atoms with van der Waals surface area (Å²) < 4.78 is 4.93. The molecule has 1 heterocycles. The molecule has 8 heteroatoms. The van der Waals surface area contributed by atoms with Gasteiger partial charge in [-0.25, -0.2) is 0 Å². The van der Waals surface area contributed by atoms with Gasteiger partial charge in [0.1, 0.15) is 6.10 Å². The Hall–Kier alpha value is -2.51. The third kappa shape index (κ3) is 2.12. The third-order valence-corrected chi connectivity index (χ3v) is 2.65. The quantitative estimate of drug-likeness (QED) is 0.461. The minimum atomic E-state index is -0.714. The molecule has 0 unspecified atom stereocenters. The largest absolute Gasteiger partial charge is 0.457 e. The topological polar surface area (TPSA) is 113 Å². The van der Waals surface area contributed by atoms with Crippen LogP contribution in [0.5, 0.6) is 0 Å². The Bertz CT molecular complexity index is 541. The van der Waals surface area contributed by atoms with Crippen LogP contribution < -0.4 is 0 Å². The molecule has 0 bridgehead atoms. The SMILES string of the molecule is O=C1CC[C@H](c2ccc([N+](=O)[O-])cc2[N+](=O)[O-])O1. The Labute approximate surface area is 100 Å². The number of nitro benzene ring substituents is 2. The summed E-state index contributed by atoms with van der Waals surface area (Å²) in [5.41, 5.74) is -0.574. The van der Waals surface area contributed by atoms with Crippen LogP contribution in [0.4, 0.5) is 11.4 Å². The number of carbonyl (C=O) groups is 1. The van der Waals surface area contributed by atoms with Gasteiger partial charge in [-0.2, -0.15) is 0 Å². The van der Waals surface area contributed by atoms with Gasteiger partial charge in [0.25, 0.3) is 11.4 Å². The van der Waals surface area contributed by atoms with Crippen molar-refractivity contribution >= 4 is 17.3 Å². The van der Waals surface area contributed by atoms with Gasteiger partial charge in [0.2, 0.25) is 0 Å². The van der Waals surface area contributed by atoms with E-state index >= 15 is 0 Å². The molecule has 1 aliphatic heterocycles. The maximum atomic E-state index is 11.0. The number of cyclic esters (lactones) is 1. The van der Waals surface area contributed by atoms with Crippen molar-refractivity contribution in [3.63, 3.8) is 0 Å². The van der Waals surface area contributed by atoms with Crippen molar-refractivity contribution in [3.8, 4) is 0 Å². The van der Waals surface area contributed by atoms with Crippen LogP contribution in [0, 0.1) is 20.2 Å². The summed E-state index contributed by atoms with van der Waals surface area (Å²) in [5, 5.41) is 21.4. The summed E-state index contributed by atoms with van der Waals surface area (Å²) in [7, 11) is 0. The second kappa shape index (κ2) is 4.40. The van der Waals surface area contributed by atoms with E-state index in [4.69, 9.17) is 4.74 Å². The van der Waals surface area contributed by atoms with Crippen LogP contribution in [0.1, 0.15) is 24.5 Å². The number of esters is 1. The predicted octanol–water partition coefficient (Wildman–Crippen LogP) is 1.88. The zero-order valence-corrected chi connectivity index (χ0v) is 9.07. The molecule has 0 saturated carbocycles. The molecule has 0 amide bonds. The molecule has 1 saturated heterocycles. The lowest BCUT2D eigenvalue weighted by atomic mass is 10.0. The van der Waals surface area contributed by atoms with Crippen molar-refractivity contribution in [2.24, 2.45) is 0 Å². The van der Waals surface area contributed by atoms with Crippen LogP contribution in [-0.4, -0.2) is 15.8 Å². The molecule has 1 fully saturated rings. The molecule has 1 atom stereocenters. The molecule has 1 aromatic carbocycles. The second-order valence-electron chi connectivity index (χ2n) is 3.77. The molecule has 0 aliphatic carbocycles. The van der Waals surface area contributed by atoms with Gasteiger partial charge >= 0.3 is 5.97 Å². The highest BCUT2D eigenvalue weighted by Gasteiger charge is 2.31. The van der Waals surface area contributed by atoms with E-state index in [9.17, 15) is 25.0 Å². The van der Waals surface area contributed by atoms with E-state index in [0.29, 0.717) is 6.42 Å². The lowest BCUT2D eigenvalue weighted by Gasteiger charge is -2.09. The Kier molecular flexibility index (Phi) is 2.92.